The van der Waals surface area contributed by atoms with E-state index in [1.54, 1.807) is 13.0 Å². The number of hydrogen-bond acceptors (Lipinski definition) is 5. The van der Waals surface area contributed by atoms with Crippen LogP contribution in [0.4, 0.5) is 15.8 Å². The highest BCUT2D eigenvalue weighted by molar-refractivity contribution is 5.63. The molecule has 0 atom stereocenters. The Morgan fingerprint density at radius 2 is 1.93 bits per heavy atom. The summed E-state index contributed by atoms with van der Waals surface area (Å²) in [5.74, 6) is -0.538. The Labute approximate surface area is 173 Å². The van der Waals surface area contributed by atoms with Crippen LogP contribution >= 0.6 is 0 Å². The molecule has 0 spiro atoms. The normalized spacial score (nSPS) is 26.4. The van der Waals surface area contributed by atoms with Crippen LogP contribution in [0.5, 0.6) is 0 Å². The Morgan fingerprint density at radius 1 is 1.28 bits per heavy atom. The van der Waals surface area contributed by atoms with E-state index >= 15 is 0 Å². The first-order chi connectivity index (χ1) is 13.8. The summed E-state index contributed by atoms with van der Waals surface area (Å²) < 4.78 is 19.7. The predicted octanol–water partition coefficient (Wildman–Crippen LogP) is 5.05. The number of benzene rings is 1. The standard InChI is InChI=1S/C22H34FN3O3/c1-4-13-29-18-5-9-22(3,10-6-18)25-11-7-17(8-12-25)24-20-14-16(2)19(23)15-21(20)26(27)28/h14-15,17-18,24H,4-13H2,1-3H3. The molecule has 1 N–H and O–H groups in total. The minimum absolute atomic E-state index is 0.169. The van der Waals surface area contributed by atoms with Gasteiger partial charge >= 0.3 is 0 Å². The van der Waals surface area contributed by atoms with Gasteiger partial charge in [-0.2, -0.15) is 0 Å². The van der Waals surface area contributed by atoms with Crippen LogP contribution in [0.3, 0.4) is 0 Å². The molecule has 0 unspecified atom stereocenters. The third kappa shape index (κ3) is 5.25. The number of anilines is 1. The SMILES string of the molecule is CCCOC1CCC(C)(N2CCC(Nc3cc(C)c(F)cc3[N+](=O)[O-])CC2)CC1. The fourth-order valence-electron chi connectivity index (χ4n) is 4.70. The van der Waals surface area contributed by atoms with Gasteiger partial charge < -0.3 is 10.1 Å². The second kappa shape index (κ2) is 9.39. The summed E-state index contributed by atoms with van der Waals surface area (Å²) in [6, 6.07) is 2.74. The van der Waals surface area contributed by atoms with Crippen molar-refractivity contribution in [2.24, 2.45) is 0 Å². The van der Waals surface area contributed by atoms with Crippen molar-refractivity contribution < 1.29 is 14.1 Å². The largest absolute Gasteiger partial charge is 0.378 e. The van der Waals surface area contributed by atoms with Crippen LogP contribution in [0.15, 0.2) is 12.1 Å². The molecule has 162 valence electrons. The van der Waals surface area contributed by atoms with Gasteiger partial charge in [0, 0.05) is 31.3 Å². The Morgan fingerprint density at radius 3 is 2.52 bits per heavy atom. The highest BCUT2D eigenvalue weighted by Crippen LogP contribution is 2.37. The van der Waals surface area contributed by atoms with Crippen LogP contribution in [-0.2, 0) is 4.74 Å². The zero-order valence-corrected chi connectivity index (χ0v) is 17.9. The zero-order chi connectivity index (χ0) is 21.0. The van der Waals surface area contributed by atoms with Gasteiger partial charge in [-0.25, -0.2) is 4.39 Å². The van der Waals surface area contributed by atoms with E-state index in [1.165, 1.54) is 0 Å². The number of piperidine rings is 1. The van der Waals surface area contributed by atoms with Crippen molar-refractivity contribution in [3.63, 3.8) is 0 Å². The van der Waals surface area contributed by atoms with Gasteiger partial charge in [0.1, 0.15) is 11.5 Å². The molecule has 2 fully saturated rings. The Kier molecular flexibility index (Phi) is 7.11. The summed E-state index contributed by atoms with van der Waals surface area (Å²) in [6.07, 6.45) is 7.89. The number of aryl methyl sites for hydroxylation is 1. The lowest BCUT2D eigenvalue weighted by atomic mass is 9.79. The predicted molar refractivity (Wildman–Crippen MR) is 113 cm³/mol. The second-order valence-electron chi connectivity index (χ2n) is 8.85. The molecule has 6 nitrogen and oxygen atoms in total. The molecular formula is C22H34FN3O3. The molecule has 1 aliphatic carbocycles. The van der Waals surface area contributed by atoms with Crippen LogP contribution in [0, 0.1) is 22.9 Å². The number of likely N-dealkylation sites (tertiary alicyclic amines) is 1. The molecule has 1 aliphatic heterocycles. The van der Waals surface area contributed by atoms with E-state index in [1.807, 2.05) is 0 Å². The number of nitrogens with zero attached hydrogens (tertiary/aromatic N) is 2. The van der Waals surface area contributed by atoms with E-state index in [-0.39, 0.29) is 17.3 Å². The monoisotopic (exact) mass is 407 g/mol. The van der Waals surface area contributed by atoms with Crippen molar-refractivity contribution in [2.75, 3.05) is 25.0 Å². The first-order valence-corrected chi connectivity index (χ1v) is 10.9. The first kappa shape index (κ1) is 22.0. The molecule has 7 heteroatoms. The van der Waals surface area contributed by atoms with Gasteiger partial charge in [-0.1, -0.05) is 6.92 Å². The number of hydrogen-bond donors (Lipinski definition) is 1. The maximum Gasteiger partial charge on any atom is 0.295 e. The lowest BCUT2D eigenvalue weighted by Crippen LogP contribution is -2.53. The summed E-state index contributed by atoms with van der Waals surface area (Å²) in [7, 11) is 0. The van der Waals surface area contributed by atoms with Gasteiger partial charge in [0.15, 0.2) is 0 Å². The number of rotatable bonds is 7. The molecule has 0 radical (unpaired) electrons. The van der Waals surface area contributed by atoms with Gasteiger partial charge in [-0.15, -0.1) is 0 Å². The molecule has 0 aromatic heterocycles. The lowest BCUT2D eigenvalue weighted by molar-refractivity contribution is -0.384. The second-order valence-corrected chi connectivity index (χ2v) is 8.85. The minimum Gasteiger partial charge on any atom is -0.378 e. The number of nitro groups is 1. The zero-order valence-electron chi connectivity index (χ0n) is 17.9. The van der Waals surface area contributed by atoms with Crippen LogP contribution < -0.4 is 5.32 Å². The van der Waals surface area contributed by atoms with Gasteiger partial charge in [0.25, 0.3) is 5.69 Å². The fraction of sp³-hybridized carbons (Fsp3) is 0.727. The Bertz CT molecular complexity index is 711. The number of halogens is 1. The fourth-order valence-corrected chi connectivity index (χ4v) is 4.70. The van der Waals surface area contributed by atoms with Crippen molar-refractivity contribution in [2.45, 2.75) is 83.4 Å². The lowest BCUT2D eigenvalue weighted by Gasteiger charge is -2.48. The van der Waals surface area contributed by atoms with Gasteiger partial charge in [0.05, 0.1) is 17.1 Å². The molecule has 1 saturated heterocycles. The maximum absolute atomic E-state index is 13.7. The smallest absolute Gasteiger partial charge is 0.295 e. The summed E-state index contributed by atoms with van der Waals surface area (Å²) in [5, 5.41) is 14.6. The van der Waals surface area contributed by atoms with E-state index in [0.717, 1.165) is 70.7 Å². The molecule has 1 aromatic carbocycles. The maximum atomic E-state index is 13.7. The Hall–Kier alpha value is -1.73. The molecular weight excluding hydrogens is 373 g/mol. The summed E-state index contributed by atoms with van der Waals surface area (Å²) >= 11 is 0. The number of nitrogens with one attached hydrogen (secondary N) is 1. The molecule has 3 rings (SSSR count). The van der Waals surface area contributed by atoms with Gasteiger partial charge in [0.2, 0.25) is 0 Å². The van der Waals surface area contributed by atoms with Crippen LogP contribution in [0.2, 0.25) is 0 Å². The van der Waals surface area contributed by atoms with Crippen molar-refractivity contribution in [1.29, 1.82) is 0 Å². The molecule has 29 heavy (non-hydrogen) atoms. The van der Waals surface area contributed by atoms with Crippen molar-refractivity contribution in [1.82, 2.24) is 4.90 Å². The molecule has 0 amide bonds. The van der Waals surface area contributed by atoms with Crippen molar-refractivity contribution in [3.05, 3.63) is 33.6 Å². The third-order valence-corrected chi connectivity index (χ3v) is 6.66. The van der Waals surface area contributed by atoms with E-state index < -0.39 is 10.7 Å². The minimum atomic E-state index is -0.538. The van der Waals surface area contributed by atoms with Crippen molar-refractivity contribution in [3.8, 4) is 0 Å². The van der Waals surface area contributed by atoms with Crippen molar-refractivity contribution >= 4 is 11.4 Å². The van der Waals surface area contributed by atoms with Crippen LogP contribution in [-0.4, -0.2) is 47.2 Å². The topological polar surface area (TPSA) is 67.6 Å². The van der Waals surface area contributed by atoms with E-state index in [0.29, 0.717) is 17.4 Å². The average molecular weight is 408 g/mol. The van der Waals surface area contributed by atoms with Gasteiger partial charge in [-0.05, 0) is 70.4 Å². The molecule has 1 heterocycles. The van der Waals surface area contributed by atoms with E-state index in [2.05, 4.69) is 24.1 Å². The average Bonchev–Trinajstić information content (AvgIpc) is 2.70. The summed E-state index contributed by atoms with van der Waals surface area (Å²) in [5.41, 5.74) is 0.875. The first-order valence-electron chi connectivity index (χ1n) is 10.9. The quantitative estimate of drug-likeness (QED) is 0.506. The molecule has 2 aliphatic rings. The molecule has 1 saturated carbocycles. The van der Waals surface area contributed by atoms with Crippen LogP contribution in [0.1, 0.15) is 64.4 Å². The van der Waals surface area contributed by atoms with E-state index in [9.17, 15) is 14.5 Å². The van der Waals surface area contributed by atoms with Crippen LogP contribution in [0.25, 0.3) is 0 Å². The number of nitro benzene ring substituents is 1. The molecule has 1 aromatic rings. The highest BCUT2D eigenvalue weighted by atomic mass is 19.1. The Balaban J connectivity index is 1.55. The summed E-state index contributed by atoms with van der Waals surface area (Å²) in [4.78, 5) is 13.4. The van der Waals surface area contributed by atoms with E-state index in [4.69, 9.17) is 4.74 Å². The highest BCUT2D eigenvalue weighted by Gasteiger charge is 2.38. The molecule has 0 bridgehead atoms. The summed E-state index contributed by atoms with van der Waals surface area (Å²) in [6.45, 7) is 8.95. The third-order valence-electron chi connectivity index (χ3n) is 6.66. The van der Waals surface area contributed by atoms with Gasteiger partial charge in [-0.3, -0.25) is 15.0 Å². The number of ether oxygens (including phenoxy) is 1.